The van der Waals surface area contributed by atoms with Crippen molar-refractivity contribution in [3.8, 4) is 5.75 Å². The fourth-order valence-corrected chi connectivity index (χ4v) is 5.23. The number of aliphatic hydroxyl groups is 1. The normalized spacial score (nSPS) is 26.8. The number of rotatable bonds is 11. The molecule has 2 N–H and O–H groups in total. The third-order valence-corrected chi connectivity index (χ3v) is 7.26. The van der Waals surface area contributed by atoms with Gasteiger partial charge in [-0.1, -0.05) is 25.1 Å². The third-order valence-electron chi connectivity index (χ3n) is 5.39. The highest BCUT2D eigenvalue weighted by Crippen LogP contribution is 2.51. The highest BCUT2D eigenvalue weighted by Gasteiger charge is 2.59. The van der Waals surface area contributed by atoms with Gasteiger partial charge in [0, 0.05) is 0 Å². The van der Waals surface area contributed by atoms with E-state index in [0.717, 1.165) is 0 Å². The number of nitrogens with one attached hydrogen (secondary N) is 1. The summed E-state index contributed by atoms with van der Waals surface area (Å²) in [6.07, 6.45) is -8.72. The van der Waals surface area contributed by atoms with Crippen LogP contribution in [0.25, 0.3) is 0 Å². The first-order valence-corrected chi connectivity index (χ1v) is 13.1. The first-order valence-electron chi connectivity index (χ1n) is 12.4. The summed E-state index contributed by atoms with van der Waals surface area (Å²) in [6, 6.07) is 7.31. The van der Waals surface area contributed by atoms with Crippen molar-refractivity contribution in [3.63, 3.8) is 0 Å². The minimum Gasteiger partial charge on any atom is -0.463 e. The number of halogens is 3. The fourth-order valence-electron chi connectivity index (χ4n) is 3.52. The molecule has 15 heteroatoms. The second kappa shape index (κ2) is 11.9. The number of hydrogen-bond acceptors (Lipinski definition) is 9. The van der Waals surface area contributed by atoms with Crippen LogP contribution in [0.15, 0.2) is 46.1 Å². The van der Waals surface area contributed by atoms with Crippen LogP contribution in [0, 0.1) is 11.7 Å². The molecule has 0 spiro atoms. The third kappa shape index (κ3) is 6.55. The van der Waals surface area contributed by atoms with Gasteiger partial charge in [-0.05, 0) is 26.0 Å². The summed E-state index contributed by atoms with van der Waals surface area (Å²) < 4.78 is 95.0. The largest absolute Gasteiger partial charge is 0.463 e. The quantitative estimate of drug-likeness (QED) is 0.309. The number of hydrogen-bond donors (Lipinski definition) is 2. The molecule has 1 aliphatic rings. The molecule has 1 aromatic carbocycles. The Morgan fingerprint density at radius 3 is 2.58 bits per heavy atom. The predicted molar refractivity (Wildman–Crippen MR) is 127 cm³/mol. The average molecular weight is 566 g/mol. The second-order valence-electron chi connectivity index (χ2n) is 8.85. The van der Waals surface area contributed by atoms with Crippen molar-refractivity contribution in [2.75, 3.05) is 19.4 Å². The van der Waals surface area contributed by atoms with Crippen molar-refractivity contribution >= 4 is 13.6 Å². The number of nitrogens with zero attached hydrogens (tertiary/aromatic N) is 1. The lowest BCUT2D eigenvalue weighted by Crippen LogP contribution is -2.48. The summed E-state index contributed by atoms with van der Waals surface area (Å²) in [4.78, 5) is 37.5. The minimum atomic E-state index is -4.72. The number of carbonyl (C=O) groups is 1. The molecule has 38 heavy (non-hydrogen) atoms. The van der Waals surface area contributed by atoms with Gasteiger partial charge in [-0.3, -0.25) is 23.7 Å². The number of aromatic nitrogens is 2. The fraction of sp³-hybridized carbons (Fsp3) is 0.522. The molecular weight excluding hydrogens is 536 g/mol. The zero-order chi connectivity index (χ0) is 30.0. The molecule has 1 aromatic heterocycles. The number of H-pyrrole nitrogens is 1. The number of aliphatic hydroxyl groups excluding tert-OH is 1. The number of para-hydroxylation sites is 1. The van der Waals surface area contributed by atoms with E-state index in [1.54, 1.807) is 19.9 Å². The maximum absolute atomic E-state index is 15.7. The standard InChI is InChI=1S/C23H28F3N2O9P/c1-13(2)35-20(31)14(3)11-38(33,37-15-7-5-4-6-8-15)34-10-17-18(29)23(26,12-24)21(36-17)28-9-16(25)19(30)27-22(28)32/h4-9,13-14,17-18,21,29H,10-12H2,1-3H3,(H,27,30,32)/t14-,17-,18+,21-,23?,38+/m1/s1/i10D2. The Hall–Kier alpha value is -2.93. The lowest BCUT2D eigenvalue weighted by atomic mass is 9.97. The molecule has 0 bridgehead atoms. The molecule has 1 unspecified atom stereocenters. The van der Waals surface area contributed by atoms with E-state index in [0.29, 0.717) is 0 Å². The number of alkyl halides is 2. The van der Waals surface area contributed by atoms with E-state index in [4.69, 9.17) is 21.3 Å². The van der Waals surface area contributed by atoms with E-state index in [1.807, 2.05) is 0 Å². The molecule has 0 amide bonds. The van der Waals surface area contributed by atoms with Crippen LogP contribution in [-0.2, 0) is 23.4 Å². The summed E-state index contributed by atoms with van der Waals surface area (Å²) >= 11 is 0. The molecule has 1 aliphatic heterocycles. The van der Waals surface area contributed by atoms with Crippen molar-refractivity contribution in [2.24, 2.45) is 5.92 Å². The SMILES string of the molecule is [2H]C([2H])(O[P@@](=O)(C[C@@H](C)C(=O)OC(C)C)Oc1ccccc1)[C@H]1O[C@@H](n2cc(F)c(=O)[nH]c2=O)C(F)(CF)[C@H]1O. The lowest BCUT2D eigenvalue weighted by molar-refractivity contribution is -0.151. The van der Waals surface area contributed by atoms with Gasteiger partial charge in [-0.25, -0.2) is 18.1 Å². The van der Waals surface area contributed by atoms with E-state index in [-0.39, 0.29) is 16.5 Å². The maximum Gasteiger partial charge on any atom is 0.380 e. The van der Waals surface area contributed by atoms with Gasteiger partial charge in [0.25, 0.3) is 5.56 Å². The molecule has 1 fully saturated rings. The summed E-state index contributed by atoms with van der Waals surface area (Å²) in [5.74, 6) is -3.61. The molecule has 2 heterocycles. The van der Waals surface area contributed by atoms with Gasteiger partial charge in [-0.2, -0.15) is 4.39 Å². The second-order valence-corrected chi connectivity index (χ2v) is 10.8. The van der Waals surface area contributed by atoms with Gasteiger partial charge in [0.15, 0.2) is 6.23 Å². The summed E-state index contributed by atoms with van der Waals surface area (Å²) in [6.45, 7) is -1.01. The minimum absolute atomic E-state index is 0.0595. The summed E-state index contributed by atoms with van der Waals surface area (Å²) in [5.41, 5.74) is -6.46. The molecule has 11 nitrogen and oxygen atoms in total. The van der Waals surface area contributed by atoms with Crippen LogP contribution in [0.4, 0.5) is 13.2 Å². The Morgan fingerprint density at radius 1 is 1.32 bits per heavy atom. The van der Waals surface area contributed by atoms with E-state index < -0.39 is 86.2 Å². The van der Waals surface area contributed by atoms with E-state index in [9.17, 15) is 32.8 Å². The van der Waals surface area contributed by atoms with Crippen LogP contribution in [0.2, 0.25) is 0 Å². The Bertz CT molecular complexity index is 1380. The highest BCUT2D eigenvalue weighted by atomic mass is 31.2. The van der Waals surface area contributed by atoms with Crippen LogP contribution in [-0.4, -0.2) is 64.0 Å². The number of esters is 1. The number of benzene rings is 1. The topological polar surface area (TPSA) is 146 Å². The van der Waals surface area contributed by atoms with Gasteiger partial charge in [0.2, 0.25) is 11.5 Å². The molecule has 1 saturated heterocycles. The molecule has 0 aliphatic carbocycles. The number of ether oxygens (including phenoxy) is 2. The maximum atomic E-state index is 15.7. The van der Waals surface area contributed by atoms with Crippen LogP contribution in [0.1, 0.15) is 29.7 Å². The Labute approximate surface area is 217 Å². The van der Waals surface area contributed by atoms with Crippen molar-refractivity contribution in [2.45, 2.75) is 51.0 Å². The first-order chi connectivity index (χ1) is 18.5. The van der Waals surface area contributed by atoms with Crippen molar-refractivity contribution < 1.29 is 48.9 Å². The van der Waals surface area contributed by atoms with Gasteiger partial charge in [0.1, 0.15) is 24.6 Å². The van der Waals surface area contributed by atoms with Crippen molar-refractivity contribution in [3.05, 3.63) is 63.2 Å². The number of carbonyl (C=O) groups excluding carboxylic acids is 1. The van der Waals surface area contributed by atoms with E-state index in [1.165, 1.54) is 36.2 Å². The molecular formula is C23H28F3N2O9P. The van der Waals surface area contributed by atoms with Crippen molar-refractivity contribution in [1.29, 1.82) is 0 Å². The van der Waals surface area contributed by atoms with E-state index >= 15 is 4.39 Å². The van der Waals surface area contributed by atoms with Gasteiger partial charge in [-0.15, -0.1) is 0 Å². The monoisotopic (exact) mass is 566 g/mol. The molecule has 2 aromatic rings. The van der Waals surface area contributed by atoms with Crippen LogP contribution in [0.3, 0.4) is 0 Å². The molecule has 0 radical (unpaired) electrons. The zero-order valence-corrected chi connectivity index (χ0v) is 21.4. The van der Waals surface area contributed by atoms with Crippen LogP contribution < -0.4 is 15.8 Å². The van der Waals surface area contributed by atoms with Gasteiger partial charge >= 0.3 is 19.3 Å². The highest BCUT2D eigenvalue weighted by molar-refractivity contribution is 7.54. The van der Waals surface area contributed by atoms with Crippen LogP contribution >= 0.6 is 7.60 Å². The summed E-state index contributed by atoms with van der Waals surface area (Å²) in [5, 5.41) is 10.6. The Kier molecular flexibility index (Phi) is 8.32. The number of aromatic amines is 1. The predicted octanol–water partition coefficient (Wildman–Crippen LogP) is 2.49. The van der Waals surface area contributed by atoms with E-state index in [2.05, 4.69) is 0 Å². The van der Waals surface area contributed by atoms with Crippen molar-refractivity contribution in [1.82, 2.24) is 9.55 Å². The smallest absolute Gasteiger partial charge is 0.380 e. The van der Waals surface area contributed by atoms with Gasteiger partial charge in [0.05, 0.1) is 33.7 Å². The first kappa shape index (κ1) is 26.7. The Morgan fingerprint density at radius 2 is 1.97 bits per heavy atom. The zero-order valence-electron chi connectivity index (χ0n) is 22.5. The molecule has 210 valence electrons. The molecule has 0 saturated carbocycles. The lowest BCUT2D eigenvalue weighted by Gasteiger charge is -2.26. The molecule has 3 rings (SSSR count). The summed E-state index contributed by atoms with van der Waals surface area (Å²) in [7, 11) is -4.72. The van der Waals surface area contributed by atoms with Gasteiger partial charge < -0.3 is 19.1 Å². The Balaban J connectivity index is 1.98. The average Bonchev–Trinajstić information content (AvgIpc) is 3.12. The molecule has 6 atom stereocenters. The van der Waals surface area contributed by atoms with Crippen LogP contribution in [0.5, 0.6) is 5.75 Å².